The van der Waals surface area contributed by atoms with Gasteiger partial charge in [-0.25, -0.2) is 9.97 Å². The summed E-state index contributed by atoms with van der Waals surface area (Å²) in [7, 11) is 0. The van der Waals surface area contributed by atoms with Crippen molar-refractivity contribution in [2.45, 2.75) is 50.9 Å². The summed E-state index contributed by atoms with van der Waals surface area (Å²) in [5.74, 6) is 0.189. The maximum absolute atomic E-state index is 13.1. The van der Waals surface area contributed by atoms with Crippen molar-refractivity contribution in [3.8, 4) is 22.9 Å². The van der Waals surface area contributed by atoms with Crippen molar-refractivity contribution < 1.29 is 27.4 Å². The fourth-order valence-electron chi connectivity index (χ4n) is 6.34. The predicted octanol–water partition coefficient (Wildman–Crippen LogP) is 7.22. The third-order valence-corrected chi connectivity index (χ3v) is 9.22. The van der Waals surface area contributed by atoms with Crippen LogP contribution in [0.1, 0.15) is 42.5 Å². The van der Waals surface area contributed by atoms with Crippen LogP contribution in [0.3, 0.4) is 0 Å². The molecule has 3 aromatic carbocycles. The molecule has 8 rings (SSSR count). The Bertz CT molecular complexity index is 2000. The molecular formula is C34H30ClF3N6O3. The third-order valence-electron chi connectivity index (χ3n) is 8.97. The molecule has 1 fully saturated rings. The number of fused-ring (bicyclic) bond motifs is 2. The molecule has 5 heterocycles. The lowest BCUT2D eigenvalue weighted by Gasteiger charge is -2.29. The molecule has 1 saturated heterocycles. The fourth-order valence-corrected chi connectivity index (χ4v) is 6.47. The van der Waals surface area contributed by atoms with Gasteiger partial charge in [0.2, 0.25) is 5.82 Å². The number of H-pyrrole nitrogens is 1. The van der Waals surface area contributed by atoms with Gasteiger partial charge in [0.15, 0.2) is 17.3 Å². The Hall–Kier alpha value is -4.39. The van der Waals surface area contributed by atoms with Crippen molar-refractivity contribution >= 4 is 28.2 Å². The summed E-state index contributed by atoms with van der Waals surface area (Å²) < 4.78 is 60.0. The third kappa shape index (κ3) is 5.64. The molecule has 242 valence electrons. The first-order valence-corrected chi connectivity index (χ1v) is 15.8. The van der Waals surface area contributed by atoms with Gasteiger partial charge >= 0.3 is 6.18 Å². The van der Waals surface area contributed by atoms with Crippen molar-refractivity contribution in [3.05, 3.63) is 94.5 Å². The average molecular weight is 663 g/mol. The average Bonchev–Trinajstić information content (AvgIpc) is 3.75. The van der Waals surface area contributed by atoms with E-state index in [0.29, 0.717) is 41.5 Å². The molecule has 2 atom stereocenters. The zero-order valence-corrected chi connectivity index (χ0v) is 26.1. The second-order valence-electron chi connectivity index (χ2n) is 12.1. The van der Waals surface area contributed by atoms with Crippen molar-refractivity contribution in [3.63, 3.8) is 0 Å². The molecule has 0 amide bonds. The molecule has 3 aliphatic rings. The van der Waals surface area contributed by atoms with Crippen LogP contribution in [0.4, 0.5) is 13.2 Å². The van der Waals surface area contributed by atoms with Crippen LogP contribution in [0, 0.1) is 0 Å². The van der Waals surface area contributed by atoms with Gasteiger partial charge in [-0.2, -0.15) is 18.3 Å². The van der Waals surface area contributed by atoms with Crippen LogP contribution < -0.4 is 9.47 Å². The van der Waals surface area contributed by atoms with Crippen LogP contribution in [-0.4, -0.2) is 55.4 Å². The normalized spacial score (nSPS) is 21.2. The lowest BCUT2D eigenvalue weighted by molar-refractivity contribution is -0.144. The SMILES string of the molecule is CC1(c2ccc(Cl)cc2)Oc2cccc(C3=CCN(Cc4nc5cc(-c6n[nH]c(C(F)(F)F)n6)ccc5n4CC4CCO4)CC3)c2O1. The van der Waals surface area contributed by atoms with E-state index in [1.807, 2.05) is 54.5 Å². The molecule has 0 aliphatic carbocycles. The summed E-state index contributed by atoms with van der Waals surface area (Å²) >= 11 is 6.10. The number of imidazole rings is 1. The van der Waals surface area contributed by atoms with Crippen molar-refractivity contribution in [2.24, 2.45) is 0 Å². The highest BCUT2D eigenvalue weighted by Gasteiger charge is 2.40. The molecule has 0 spiro atoms. The minimum atomic E-state index is -4.60. The minimum Gasteiger partial charge on any atom is -0.445 e. The van der Waals surface area contributed by atoms with Crippen LogP contribution in [0.5, 0.6) is 11.5 Å². The van der Waals surface area contributed by atoms with E-state index in [1.165, 1.54) is 5.57 Å². The molecule has 0 bridgehead atoms. The van der Waals surface area contributed by atoms with Gasteiger partial charge in [-0.15, -0.1) is 0 Å². The maximum atomic E-state index is 13.1. The number of ether oxygens (including phenoxy) is 3. The van der Waals surface area contributed by atoms with Gasteiger partial charge in [0, 0.05) is 48.3 Å². The maximum Gasteiger partial charge on any atom is 0.451 e. The number of nitrogens with zero attached hydrogens (tertiary/aromatic N) is 5. The first kappa shape index (κ1) is 30.0. The van der Waals surface area contributed by atoms with Gasteiger partial charge in [-0.05, 0) is 66.9 Å². The number of aromatic amines is 1. The van der Waals surface area contributed by atoms with Crippen LogP contribution in [-0.2, 0) is 29.8 Å². The number of rotatable bonds is 7. The summed E-state index contributed by atoms with van der Waals surface area (Å²) in [5, 5.41) is 6.42. The number of para-hydroxylation sites is 1. The Morgan fingerprint density at radius 1 is 1.06 bits per heavy atom. The van der Waals surface area contributed by atoms with E-state index >= 15 is 0 Å². The topological polar surface area (TPSA) is 90.3 Å². The molecule has 3 aliphatic heterocycles. The van der Waals surface area contributed by atoms with Crippen molar-refractivity contribution in [1.82, 2.24) is 29.6 Å². The lowest BCUT2D eigenvalue weighted by atomic mass is 9.98. The second-order valence-corrected chi connectivity index (χ2v) is 12.6. The quantitative estimate of drug-likeness (QED) is 0.197. The Morgan fingerprint density at radius 3 is 2.60 bits per heavy atom. The minimum absolute atomic E-state index is 0.0263. The summed E-state index contributed by atoms with van der Waals surface area (Å²) in [6, 6.07) is 18.8. The van der Waals surface area contributed by atoms with E-state index in [9.17, 15) is 13.2 Å². The van der Waals surface area contributed by atoms with Crippen LogP contribution in [0.2, 0.25) is 5.02 Å². The van der Waals surface area contributed by atoms with E-state index in [-0.39, 0.29) is 11.9 Å². The van der Waals surface area contributed by atoms with Gasteiger partial charge in [0.1, 0.15) is 5.82 Å². The monoisotopic (exact) mass is 662 g/mol. The second kappa shape index (κ2) is 11.4. The molecule has 2 aromatic heterocycles. The van der Waals surface area contributed by atoms with E-state index in [4.69, 9.17) is 30.8 Å². The van der Waals surface area contributed by atoms with Crippen LogP contribution >= 0.6 is 11.6 Å². The molecule has 2 unspecified atom stereocenters. The molecule has 5 aromatic rings. The lowest BCUT2D eigenvalue weighted by Crippen LogP contribution is -2.33. The highest BCUT2D eigenvalue weighted by atomic mass is 35.5. The smallest absolute Gasteiger partial charge is 0.445 e. The van der Waals surface area contributed by atoms with Gasteiger partial charge in [-0.3, -0.25) is 10.00 Å². The van der Waals surface area contributed by atoms with E-state index in [1.54, 1.807) is 12.1 Å². The Balaban J connectivity index is 1.03. The number of alkyl halides is 3. The molecule has 0 radical (unpaired) electrons. The number of benzene rings is 3. The van der Waals surface area contributed by atoms with E-state index in [0.717, 1.165) is 54.2 Å². The van der Waals surface area contributed by atoms with Gasteiger partial charge in [0.25, 0.3) is 5.79 Å². The zero-order chi connectivity index (χ0) is 32.3. The largest absolute Gasteiger partial charge is 0.451 e. The van der Waals surface area contributed by atoms with Crippen molar-refractivity contribution in [1.29, 1.82) is 0 Å². The van der Waals surface area contributed by atoms with E-state index in [2.05, 4.69) is 31.7 Å². The highest BCUT2D eigenvalue weighted by Crippen LogP contribution is 2.48. The molecule has 47 heavy (non-hydrogen) atoms. The molecule has 1 N–H and O–H groups in total. The summed E-state index contributed by atoms with van der Waals surface area (Å²) in [4.78, 5) is 10.9. The number of halogens is 4. The predicted molar refractivity (Wildman–Crippen MR) is 169 cm³/mol. The zero-order valence-electron chi connectivity index (χ0n) is 25.4. The van der Waals surface area contributed by atoms with Gasteiger partial charge in [0.05, 0.1) is 30.2 Å². The molecule has 0 saturated carbocycles. The summed E-state index contributed by atoms with van der Waals surface area (Å²) in [6.45, 7) is 5.40. The fraction of sp³-hybridized carbons (Fsp3) is 0.324. The highest BCUT2D eigenvalue weighted by molar-refractivity contribution is 6.30. The summed E-state index contributed by atoms with van der Waals surface area (Å²) in [6.07, 6.45) is -0.506. The van der Waals surface area contributed by atoms with Crippen LogP contribution in [0.15, 0.2) is 66.7 Å². The first-order chi connectivity index (χ1) is 22.6. The first-order valence-electron chi connectivity index (χ1n) is 15.4. The van der Waals surface area contributed by atoms with Gasteiger partial charge < -0.3 is 18.8 Å². The molecule has 13 heteroatoms. The Labute approximate surface area is 272 Å². The van der Waals surface area contributed by atoms with Crippen molar-refractivity contribution in [2.75, 3.05) is 19.7 Å². The number of hydrogen-bond donors (Lipinski definition) is 1. The Kier molecular flexibility index (Phi) is 7.27. The van der Waals surface area contributed by atoms with E-state index < -0.39 is 17.8 Å². The Morgan fingerprint density at radius 2 is 1.89 bits per heavy atom. The molecular weight excluding hydrogens is 633 g/mol. The van der Waals surface area contributed by atoms with Crippen LogP contribution in [0.25, 0.3) is 28.0 Å². The van der Waals surface area contributed by atoms with Gasteiger partial charge in [-0.1, -0.05) is 29.8 Å². The standard InChI is InChI=1S/C34H30ClF3N6O3/c1-33(22-6-8-23(35)9-7-22)46-28-4-2-3-25(30(28)47-33)20-11-14-43(15-12-20)19-29-39-26-17-21(31-40-32(42-41-31)34(36,37)38)5-10-27(26)44(29)18-24-13-16-45-24/h2-11,17,24H,12-16,18-19H2,1H3,(H,40,41,42). The summed E-state index contributed by atoms with van der Waals surface area (Å²) in [5.41, 5.74) is 5.10. The number of nitrogens with one attached hydrogen (secondary N) is 1. The molecule has 9 nitrogen and oxygen atoms in total. The number of aromatic nitrogens is 5. The number of hydrogen-bond acceptors (Lipinski definition) is 7.